The van der Waals surface area contributed by atoms with Crippen LogP contribution in [0.1, 0.15) is 12.0 Å². The number of hydrazone groups is 1. The molecule has 2 aliphatic carbocycles. The van der Waals surface area contributed by atoms with E-state index < -0.39 is 0 Å². The van der Waals surface area contributed by atoms with Crippen LogP contribution in [0.15, 0.2) is 35.5 Å². The van der Waals surface area contributed by atoms with Crippen LogP contribution in [0.5, 0.6) is 0 Å². The van der Waals surface area contributed by atoms with Crippen LogP contribution >= 0.6 is 23.2 Å². The Kier molecular flexibility index (Phi) is 3.13. The van der Waals surface area contributed by atoms with Gasteiger partial charge in [-0.05, 0) is 30.4 Å². The Labute approximate surface area is 137 Å². The highest BCUT2D eigenvalue weighted by atomic mass is 35.5. The molecule has 4 atom stereocenters. The molecule has 0 N–H and O–H groups in total. The van der Waals surface area contributed by atoms with E-state index in [0.29, 0.717) is 15.6 Å². The standard InChI is InChI=1S/C16H12Cl2N2O2/c17-11-4-3-10(12(18)6-11)7-19-20-15(21)13-8-1-2-9(5-8)14(13)16(20)22/h1-4,6-9,13-14H,5H2/t8-,9-,13-,14+/m0/s1. The molecule has 0 radical (unpaired) electrons. The summed E-state index contributed by atoms with van der Waals surface area (Å²) in [5, 5.41) is 6.03. The molecule has 1 saturated carbocycles. The van der Waals surface area contributed by atoms with E-state index in [2.05, 4.69) is 17.3 Å². The molecule has 0 aromatic heterocycles. The first-order chi connectivity index (χ1) is 10.6. The normalized spacial score (nSPS) is 32.5. The minimum absolute atomic E-state index is 0.186. The molecule has 1 saturated heterocycles. The number of benzene rings is 1. The van der Waals surface area contributed by atoms with Gasteiger partial charge in [-0.15, -0.1) is 0 Å². The molecule has 0 unspecified atom stereocenters. The molecule has 1 heterocycles. The molecule has 6 heteroatoms. The van der Waals surface area contributed by atoms with Crippen molar-refractivity contribution in [1.29, 1.82) is 0 Å². The maximum atomic E-state index is 12.5. The molecule has 2 fully saturated rings. The summed E-state index contributed by atoms with van der Waals surface area (Å²) >= 11 is 11.9. The summed E-state index contributed by atoms with van der Waals surface area (Å²) < 4.78 is 0. The first-order valence-electron chi connectivity index (χ1n) is 7.11. The van der Waals surface area contributed by atoms with Gasteiger partial charge in [0.1, 0.15) is 0 Å². The molecule has 1 aliphatic heterocycles. The van der Waals surface area contributed by atoms with Crippen LogP contribution in [0.4, 0.5) is 0 Å². The van der Waals surface area contributed by atoms with Gasteiger partial charge in [0.15, 0.2) is 0 Å². The number of fused-ring (bicyclic) bond motifs is 5. The minimum atomic E-state index is -0.236. The van der Waals surface area contributed by atoms with Crippen molar-refractivity contribution in [2.75, 3.05) is 0 Å². The molecule has 4 nitrogen and oxygen atoms in total. The van der Waals surface area contributed by atoms with Gasteiger partial charge in [0, 0.05) is 10.6 Å². The summed E-state index contributed by atoms with van der Waals surface area (Å²) in [4.78, 5) is 24.9. The van der Waals surface area contributed by atoms with Gasteiger partial charge >= 0.3 is 0 Å². The maximum Gasteiger partial charge on any atom is 0.254 e. The number of nitrogens with zero attached hydrogens (tertiary/aromatic N) is 2. The monoisotopic (exact) mass is 334 g/mol. The van der Waals surface area contributed by atoms with Gasteiger partial charge in [0.05, 0.1) is 23.1 Å². The Bertz CT molecular complexity index is 714. The predicted octanol–water partition coefficient (Wildman–Crippen LogP) is 3.13. The molecule has 1 aromatic rings. The second kappa shape index (κ2) is 4.93. The zero-order valence-corrected chi connectivity index (χ0v) is 13.0. The minimum Gasteiger partial charge on any atom is -0.272 e. The second-order valence-corrected chi connectivity index (χ2v) is 6.74. The fourth-order valence-electron chi connectivity index (χ4n) is 3.73. The first-order valence-corrected chi connectivity index (χ1v) is 7.87. The van der Waals surface area contributed by atoms with E-state index in [1.54, 1.807) is 18.2 Å². The Morgan fingerprint density at radius 2 is 1.73 bits per heavy atom. The fraction of sp³-hybridized carbons (Fsp3) is 0.312. The van der Waals surface area contributed by atoms with Gasteiger partial charge in [-0.3, -0.25) is 9.59 Å². The van der Waals surface area contributed by atoms with Crippen molar-refractivity contribution < 1.29 is 9.59 Å². The van der Waals surface area contributed by atoms with Crippen molar-refractivity contribution in [2.45, 2.75) is 6.42 Å². The van der Waals surface area contributed by atoms with Crippen LogP contribution < -0.4 is 0 Å². The van der Waals surface area contributed by atoms with Crippen LogP contribution in [-0.4, -0.2) is 23.0 Å². The smallest absolute Gasteiger partial charge is 0.254 e. The zero-order chi connectivity index (χ0) is 15.4. The number of amides is 2. The third-order valence-corrected chi connectivity index (χ3v) is 5.28. The van der Waals surface area contributed by atoms with Crippen molar-refractivity contribution in [3.8, 4) is 0 Å². The van der Waals surface area contributed by atoms with Crippen molar-refractivity contribution in [2.24, 2.45) is 28.8 Å². The Morgan fingerprint density at radius 3 is 2.32 bits per heavy atom. The highest BCUT2D eigenvalue weighted by Crippen LogP contribution is 2.52. The molecular formula is C16H12Cl2N2O2. The third-order valence-electron chi connectivity index (χ3n) is 4.72. The summed E-state index contributed by atoms with van der Waals surface area (Å²) in [6.45, 7) is 0. The summed E-state index contributed by atoms with van der Waals surface area (Å²) in [5.41, 5.74) is 0.616. The van der Waals surface area contributed by atoms with Gasteiger partial charge in [-0.25, -0.2) is 0 Å². The van der Waals surface area contributed by atoms with Gasteiger partial charge in [0.2, 0.25) is 0 Å². The van der Waals surface area contributed by atoms with E-state index in [0.717, 1.165) is 11.4 Å². The van der Waals surface area contributed by atoms with E-state index in [9.17, 15) is 9.59 Å². The predicted molar refractivity (Wildman–Crippen MR) is 83.6 cm³/mol. The number of allylic oxidation sites excluding steroid dienone is 2. The lowest BCUT2D eigenvalue weighted by Crippen LogP contribution is -2.28. The lowest BCUT2D eigenvalue weighted by molar-refractivity contribution is -0.140. The van der Waals surface area contributed by atoms with Crippen molar-refractivity contribution >= 4 is 41.2 Å². The van der Waals surface area contributed by atoms with Crippen molar-refractivity contribution in [3.05, 3.63) is 46.0 Å². The van der Waals surface area contributed by atoms with E-state index in [1.165, 1.54) is 6.21 Å². The summed E-state index contributed by atoms with van der Waals surface area (Å²) in [6, 6.07) is 4.98. The SMILES string of the molecule is O=C1[C@@H]2[C@H](C(=O)N1N=Cc1ccc(Cl)cc1Cl)[C@H]1C=C[C@H]2C1. The number of rotatable bonds is 2. The molecule has 22 heavy (non-hydrogen) atoms. The third kappa shape index (κ3) is 1.94. The molecule has 2 amide bonds. The van der Waals surface area contributed by atoms with Gasteiger partial charge in [0.25, 0.3) is 11.8 Å². The average molecular weight is 335 g/mol. The number of carbonyl (C=O) groups is 2. The molecular weight excluding hydrogens is 323 g/mol. The van der Waals surface area contributed by atoms with Crippen LogP contribution in [0, 0.1) is 23.7 Å². The van der Waals surface area contributed by atoms with Crippen LogP contribution in [-0.2, 0) is 9.59 Å². The summed E-state index contributed by atoms with van der Waals surface area (Å²) in [6.07, 6.45) is 6.46. The number of hydrogen-bond acceptors (Lipinski definition) is 3. The van der Waals surface area contributed by atoms with Gasteiger partial charge < -0.3 is 0 Å². The fourth-order valence-corrected chi connectivity index (χ4v) is 4.18. The molecule has 112 valence electrons. The highest BCUT2D eigenvalue weighted by Gasteiger charge is 2.59. The zero-order valence-electron chi connectivity index (χ0n) is 11.4. The van der Waals surface area contributed by atoms with E-state index in [4.69, 9.17) is 23.2 Å². The highest BCUT2D eigenvalue weighted by molar-refractivity contribution is 6.36. The van der Waals surface area contributed by atoms with Crippen LogP contribution in [0.2, 0.25) is 10.0 Å². The molecule has 4 rings (SSSR count). The number of halogens is 2. The number of carbonyl (C=O) groups excluding carboxylic acids is 2. The van der Waals surface area contributed by atoms with Gasteiger partial charge in [-0.1, -0.05) is 41.4 Å². The Morgan fingerprint density at radius 1 is 1.09 bits per heavy atom. The van der Waals surface area contributed by atoms with E-state index in [1.807, 2.05) is 0 Å². The quantitative estimate of drug-likeness (QED) is 0.474. The second-order valence-electron chi connectivity index (χ2n) is 5.90. The molecule has 0 spiro atoms. The molecule has 2 bridgehead atoms. The molecule has 3 aliphatic rings. The van der Waals surface area contributed by atoms with Gasteiger partial charge in [-0.2, -0.15) is 10.1 Å². The largest absolute Gasteiger partial charge is 0.272 e. The average Bonchev–Trinajstić information content (AvgIpc) is 3.14. The lowest BCUT2D eigenvalue weighted by Gasteiger charge is -2.13. The van der Waals surface area contributed by atoms with E-state index in [-0.39, 0.29) is 35.5 Å². The summed E-state index contributed by atoms with van der Waals surface area (Å²) in [7, 11) is 0. The topological polar surface area (TPSA) is 49.7 Å². The molecule has 1 aromatic carbocycles. The summed E-state index contributed by atoms with van der Waals surface area (Å²) in [5.74, 6) is -0.501. The Hall–Kier alpha value is -1.65. The van der Waals surface area contributed by atoms with Crippen molar-refractivity contribution in [1.82, 2.24) is 5.01 Å². The number of imide groups is 1. The first kappa shape index (κ1) is 14.0. The number of hydrogen-bond donors (Lipinski definition) is 0. The van der Waals surface area contributed by atoms with Crippen molar-refractivity contribution in [3.63, 3.8) is 0 Å². The maximum absolute atomic E-state index is 12.5. The van der Waals surface area contributed by atoms with Crippen LogP contribution in [0.25, 0.3) is 0 Å². The lowest BCUT2D eigenvalue weighted by atomic mass is 9.85. The van der Waals surface area contributed by atoms with Crippen LogP contribution in [0.3, 0.4) is 0 Å². The van der Waals surface area contributed by atoms with E-state index >= 15 is 0 Å². The Balaban J connectivity index is 1.60.